The molecule has 0 aromatic carbocycles. The number of rotatable bonds is 10. The van der Waals surface area contributed by atoms with Crippen LogP contribution >= 0.6 is 0 Å². The van der Waals surface area contributed by atoms with E-state index in [9.17, 15) is 29.4 Å². The molecule has 0 bridgehead atoms. The summed E-state index contributed by atoms with van der Waals surface area (Å²) in [4.78, 5) is 40.9. The second-order valence-corrected chi connectivity index (χ2v) is 4.69. The zero-order chi connectivity index (χ0) is 19.6. The summed E-state index contributed by atoms with van der Waals surface area (Å²) in [5.74, 6) is -7.67. The summed E-state index contributed by atoms with van der Waals surface area (Å²) in [5.41, 5.74) is 4.42. The van der Waals surface area contributed by atoms with Crippen LogP contribution in [0.2, 0.25) is 0 Å². The number of aliphatic hydroxyl groups is 2. The third kappa shape index (κ3) is 9.53. The largest absolute Gasteiger partial charge is 2.00 e. The topological polar surface area (TPSA) is 247 Å². The summed E-state index contributed by atoms with van der Waals surface area (Å²) in [7, 11) is 0. The number of nitrogens with two attached hydrogens (primary N) is 2. The summed E-state index contributed by atoms with van der Waals surface area (Å²) >= 11 is 0. The smallest absolute Gasteiger partial charge is 0.546 e. The summed E-state index contributed by atoms with van der Waals surface area (Å²) in [6.07, 6.45) is -0.671. The van der Waals surface area contributed by atoms with Gasteiger partial charge in [-0.25, -0.2) is 9.59 Å². The second-order valence-electron chi connectivity index (χ2n) is 4.69. The number of carbonyl (C=O) groups excluding carboxylic acids is 2. The normalized spacial score (nSPS) is 14.6. The van der Waals surface area contributed by atoms with Gasteiger partial charge in [-0.3, -0.25) is 0 Å². The molecule has 12 nitrogen and oxygen atoms in total. The SMILES string of the molecule is NCCCC(O)(C(=O)[O-])C(=O)O.NCCCC(O)(C(=O)[O-])C(=O)O.[Ba+2]. The molecule has 0 aliphatic rings. The van der Waals surface area contributed by atoms with E-state index in [0.29, 0.717) is 0 Å². The summed E-state index contributed by atoms with van der Waals surface area (Å²) in [5, 5.41) is 55.0. The number of hydrogen-bond acceptors (Lipinski definition) is 10. The van der Waals surface area contributed by atoms with Gasteiger partial charge in [0.05, 0.1) is 11.9 Å². The summed E-state index contributed by atoms with van der Waals surface area (Å²) in [6.45, 7) is 0.228. The maximum absolute atomic E-state index is 10.3. The quantitative estimate of drug-likeness (QED) is 0.124. The van der Waals surface area contributed by atoms with Crippen LogP contribution in [0.5, 0.6) is 0 Å². The molecule has 0 spiro atoms. The monoisotopic (exact) mass is 490 g/mol. The van der Waals surface area contributed by atoms with Gasteiger partial charge in [-0.1, -0.05) is 0 Å². The number of aliphatic carboxylic acids is 4. The Bertz CT molecular complexity index is 401. The molecule has 13 heteroatoms. The fourth-order valence-electron chi connectivity index (χ4n) is 1.31. The van der Waals surface area contributed by atoms with E-state index < -0.39 is 47.9 Å². The Kier molecular flexibility index (Phi) is 15.7. The minimum atomic E-state index is -2.81. The van der Waals surface area contributed by atoms with Gasteiger partial charge >= 0.3 is 60.8 Å². The second kappa shape index (κ2) is 13.5. The average Bonchev–Trinajstić information content (AvgIpc) is 2.49. The Hall–Kier alpha value is -0.709. The van der Waals surface area contributed by atoms with Gasteiger partial charge in [0.2, 0.25) is 11.2 Å². The Balaban J connectivity index is -0.000000372. The molecule has 2 atom stereocenters. The molecular weight excluding hydrogens is 469 g/mol. The summed E-state index contributed by atoms with van der Waals surface area (Å²) in [6, 6.07) is 0. The van der Waals surface area contributed by atoms with E-state index in [-0.39, 0.29) is 74.8 Å². The molecule has 0 radical (unpaired) electrons. The van der Waals surface area contributed by atoms with Crippen molar-refractivity contribution in [1.82, 2.24) is 0 Å². The average molecular weight is 490 g/mol. The third-order valence-corrected chi connectivity index (χ3v) is 2.87. The van der Waals surface area contributed by atoms with Crippen molar-refractivity contribution in [2.24, 2.45) is 11.5 Å². The number of hydrogen-bond donors (Lipinski definition) is 6. The molecule has 0 rings (SSSR count). The molecule has 0 amide bonds. The zero-order valence-electron chi connectivity index (χ0n) is 13.3. The van der Waals surface area contributed by atoms with Gasteiger partial charge in [0.15, 0.2) is 0 Å². The van der Waals surface area contributed by atoms with E-state index in [2.05, 4.69) is 0 Å². The molecule has 0 aliphatic heterocycles. The predicted molar refractivity (Wildman–Crippen MR) is 77.5 cm³/mol. The third-order valence-electron chi connectivity index (χ3n) is 2.87. The van der Waals surface area contributed by atoms with Crippen LogP contribution in [0, 0.1) is 0 Å². The molecule has 0 saturated heterocycles. The predicted octanol–water partition coefficient (Wildman–Crippen LogP) is -5.80. The van der Waals surface area contributed by atoms with Crippen molar-refractivity contribution in [3.63, 3.8) is 0 Å². The molecule has 25 heavy (non-hydrogen) atoms. The van der Waals surface area contributed by atoms with Crippen molar-refractivity contribution in [1.29, 1.82) is 0 Å². The molecule has 0 aliphatic carbocycles. The van der Waals surface area contributed by atoms with Crippen LogP contribution in [0.1, 0.15) is 25.7 Å². The first-order chi connectivity index (χ1) is 10.9. The molecule has 140 valence electrons. The molecule has 0 fully saturated rings. The van der Waals surface area contributed by atoms with Gasteiger partial charge in [-0.2, -0.15) is 0 Å². The van der Waals surface area contributed by atoms with E-state index >= 15 is 0 Å². The maximum atomic E-state index is 10.3. The molecule has 0 aromatic rings. The standard InChI is InChI=1S/2C6H11NO5.Ba/c2*7-3-1-2-6(12,4(8)9)5(10)11;/h2*12H,1-3,7H2,(H,8,9)(H,10,11);/q;;+2/p-2. The van der Waals surface area contributed by atoms with Gasteiger partial charge in [-0.15, -0.1) is 0 Å². The number of carboxylic acids is 4. The first-order valence-corrected chi connectivity index (χ1v) is 6.64. The Morgan fingerprint density at radius 2 is 1.00 bits per heavy atom. The zero-order valence-corrected chi connectivity index (χ0v) is 17.8. The van der Waals surface area contributed by atoms with Gasteiger partial charge in [-0.05, 0) is 38.8 Å². The van der Waals surface area contributed by atoms with Crippen molar-refractivity contribution in [2.45, 2.75) is 36.9 Å². The van der Waals surface area contributed by atoms with E-state index in [4.69, 9.17) is 31.9 Å². The van der Waals surface area contributed by atoms with E-state index in [1.807, 2.05) is 0 Å². The summed E-state index contributed by atoms with van der Waals surface area (Å²) < 4.78 is 0. The number of carboxylic acid groups (broad SMARTS) is 4. The Labute approximate surface area is 182 Å². The first-order valence-electron chi connectivity index (χ1n) is 6.64. The van der Waals surface area contributed by atoms with E-state index in [1.54, 1.807) is 0 Å². The van der Waals surface area contributed by atoms with Crippen LogP contribution in [0.25, 0.3) is 0 Å². The van der Waals surface area contributed by atoms with Crippen LogP contribution < -0.4 is 21.7 Å². The maximum Gasteiger partial charge on any atom is 2.00 e. The number of carbonyl (C=O) groups is 4. The minimum Gasteiger partial charge on any atom is -0.546 e. The van der Waals surface area contributed by atoms with Crippen molar-refractivity contribution < 1.29 is 49.8 Å². The van der Waals surface area contributed by atoms with Gasteiger partial charge < -0.3 is 51.7 Å². The molecular formula is C12H20BaN2O10. The van der Waals surface area contributed by atoms with Gasteiger partial charge in [0, 0.05) is 0 Å². The van der Waals surface area contributed by atoms with Crippen LogP contribution in [-0.4, -0.2) is 117 Å². The van der Waals surface area contributed by atoms with Gasteiger partial charge in [0.25, 0.3) is 0 Å². The van der Waals surface area contributed by atoms with Crippen LogP contribution in [0.4, 0.5) is 0 Å². The van der Waals surface area contributed by atoms with E-state index in [1.165, 1.54) is 0 Å². The minimum absolute atomic E-state index is 0. The molecule has 2 unspecified atom stereocenters. The van der Waals surface area contributed by atoms with Crippen LogP contribution in [-0.2, 0) is 19.2 Å². The molecule has 0 saturated carbocycles. The van der Waals surface area contributed by atoms with Crippen molar-refractivity contribution in [2.75, 3.05) is 13.1 Å². The first kappa shape index (κ1) is 29.1. The Morgan fingerprint density at radius 1 is 0.760 bits per heavy atom. The van der Waals surface area contributed by atoms with Crippen LogP contribution in [0.3, 0.4) is 0 Å². The fourth-order valence-corrected chi connectivity index (χ4v) is 1.31. The fraction of sp³-hybridized carbons (Fsp3) is 0.667. The molecule has 0 heterocycles. The van der Waals surface area contributed by atoms with Crippen molar-refractivity contribution in [3.05, 3.63) is 0 Å². The van der Waals surface area contributed by atoms with Gasteiger partial charge in [0.1, 0.15) is 0 Å². The Morgan fingerprint density at radius 3 is 1.12 bits per heavy atom. The van der Waals surface area contributed by atoms with Crippen LogP contribution in [0.15, 0.2) is 0 Å². The molecule has 8 N–H and O–H groups in total. The van der Waals surface area contributed by atoms with Crippen molar-refractivity contribution >= 4 is 72.8 Å². The molecule has 0 aromatic heterocycles. The van der Waals surface area contributed by atoms with Crippen molar-refractivity contribution in [3.8, 4) is 0 Å². The van der Waals surface area contributed by atoms with E-state index in [0.717, 1.165) is 0 Å².